The molecular formula is C26H23ClN4O4. The van der Waals surface area contributed by atoms with E-state index in [1.807, 2.05) is 19.1 Å². The second-order valence-corrected chi connectivity index (χ2v) is 8.18. The Morgan fingerprint density at radius 1 is 0.914 bits per heavy atom. The normalized spacial score (nSPS) is 10.7. The first-order valence-corrected chi connectivity index (χ1v) is 11.4. The van der Waals surface area contributed by atoms with Crippen LogP contribution in [-0.2, 0) is 13.2 Å². The second-order valence-electron chi connectivity index (χ2n) is 7.74. The molecule has 0 saturated carbocycles. The summed E-state index contributed by atoms with van der Waals surface area (Å²) in [4.78, 5) is 38.4. The van der Waals surface area contributed by atoms with Gasteiger partial charge in [0.05, 0.1) is 10.9 Å². The molecule has 9 heteroatoms. The number of rotatable bonds is 7. The van der Waals surface area contributed by atoms with Crippen LogP contribution in [0.1, 0.15) is 39.8 Å². The van der Waals surface area contributed by atoms with Crippen LogP contribution >= 0.6 is 11.6 Å². The summed E-state index contributed by atoms with van der Waals surface area (Å²) in [6.07, 6.45) is 0.676. The molecule has 2 amide bonds. The number of hydrogen-bond acceptors (Lipinski definition) is 5. The highest BCUT2D eigenvalue weighted by molar-refractivity contribution is 6.30. The summed E-state index contributed by atoms with van der Waals surface area (Å²) in [5.41, 5.74) is 5.72. The molecule has 0 atom stereocenters. The largest absolute Gasteiger partial charge is 0.488 e. The van der Waals surface area contributed by atoms with Gasteiger partial charge in [-0.1, -0.05) is 61.0 Å². The maximum atomic E-state index is 12.9. The van der Waals surface area contributed by atoms with Crippen molar-refractivity contribution in [2.24, 2.45) is 0 Å². The van der Waals surface area contributed by atoms with Crippen LogP contribution in [0, 0.1) is 0 Å². The number of fused-ring (bicyclic) bond motifs is 1. The molecule has 0 unspecified atom stereocenters. The van der Waals surface area contributed by atoms with Gasteiger partial charge in [0.2, 0.25) is 0 Å². The molecule has 35 heavy (non-hydrogen) atoms. The van der Waals surface area contributed by atoms with Gasteiger partial charge in [-0.3, -0.25) is 25.2 Å². The number of nitrogens with zero attached hydrogens (tertiary/aromatic N) is 2. The average Bonchev–Trinajstić information content (AvgIpc) is 2.88. The average molecular weight is 491 g/mol. The van der Waals surface area contributed by atoms with Crippen molar-refractivity contribution < 1.29 is 14.3 Å². The number of aryl methyl sites for hydroxylation is 1. The molecule has 1 heterocycles. The molecule has 0 fully saturated rings. The third-order valence-electron chi connectivity index (χ3n) is 5.25. The minimum Gasteiger partial charge on any atom is -0.488 e. The summed E-state index contributed by atoms with van der Waals surface area (Å²) < 4.78 is 7.08. The molecular weight excluding hydrogens is 468 g/mol. The molecule has 0 saturated heterocycles. The maximum absolute atomic E-state index is 12.9. The van der Waals surface area contributed by atoms with Gasteiger partial charge in [0, 0.05) is 17.0 Å². The summed E-state index contributed by atoms with van der Waals surface area (Å²) >= 11 is 5.91. The van der Waals surface area contributed by atoms with Gasteiger partial charge in [0.25, 0.3) is 17.4 Å². The first kappa shape index (κ1) is 24.0. The van der Waals surface area contributed by atoms with Crippen molar-refractivity contribution >= 4 is 34.2 Å². The number of hydrazine groups is 1. The van der Waals surface area contributed by atoms with Crippen LogP contribution < -0.4 is 21.1 Å². The van der Waals surface area contributed by atoms with Crippen molar-refractivity contribution in [1.29, 1.82) is 0 Å². The smallest absolute Gasteiger partial charge is 0.290 e. The van der Waals surface area contributed by atoms with E-state index in [9.17, 15) is 14.4 Å². The number of para-hydroxylation sites is 1. The zero-order valence-electron chi connectivity index (χ0n) is 19.0. The molecule has 1 aromatic heterocycles. The van der Waals surface area contributed by atoms with E-state index in [1.54, 1.807) is 60.7 Å². The fourth-order valence-electron chi connectivity index (χ4n) is 3.53. The highest BCUT2D eigenvalue weighted by atomic mass is 35.5. The van der Waals surface area contributed by atoms with E-state index in [2.05, 4.69) is 16.0 Å². The molecule has 0 spiro atoms. The standard InChI is InChI=1S/C26H23ClN4O4/c1-2-15-31-26(34)20-8-4-3-7-19(20)23(30-31)25(33)29-28-24(32)21-9-5-6-10-22(21)35-16-17-11-13-18(27)14-12-17/h3-14H,2,15-16H2,1H3,(H,28,32)(H,29,33). The molecule has 0 radical (unpaired) electrons. The Morgan fingerprint density at radius 3 is 2.31 bits per heavy atom. The lowest BCUT2D eigenvalue weighted by Crippen LogP contribution is -2.43. The SMILES string of the molecule is CCCn1nc(C(=O)NNC(=O)c2ccccc2OCc2ccc(Cl)cc2)c2ccccc2c1=O. The van der Waals surface area contributed by atoms with Gasteiger partial charge in [0.15, 0.2) is 5.69 Å². The van der Waals surface area contributed by atoms with Crippen LogP contribution in [0.5, 0.6) is 5.75 Å². The van der Waals surface area contributed by atoms with Gasteiger partial charge in [-0.2, -0.15) is 5.10 Å². The van der Waals surface area contributed by atoms with E-state index >= 15 is 0 Å². The molecule has 0 bridgehead atoms. The zero-order chi connectivity index (χ0) is 24.8. The number of hydrogen-bond donors (Lipinski definition) is 2. The number of halogens is 1. The fourth-order valence-corrected chi connectivity index (χ4v) is 3.65. The summed E-state index contributed by atoms with van der Waals surface area (Å²) in [7, 11) is 0. The highest BCUT2D eigenvalue weighted by Gasteiger charge is 2.18. The molecule has 4 aromatic rings. The molecule has 3 aromatic carbocycles. The molecule has 178 valence electrons. The van der Waals surface area contributed by atoms with E-state index < -0.39 is 11.8 Å². The van der Waals surface area contributed by atoms with E-state index in [1.165, 1.54) is 4.68 Å². The predicted molar refractivity (Wildman–Crippen MR) is 133 cm³/mol. The van der Waals surface area contributed by atoms with Crippen LogP contribution in [-0.4, -0.2) is 21.6 Å². The fraction of sp³-hybridized carbons (Fsp3) is 0.154. The maximum Gasteiger partial charge on any atom is 0.290 e. The van der Waals surface area contributed by atoms with Gasteiger partial charge < -0.3 is 4.74 Å². The summed E-state index contributed by atoms with van der Waals surface area (Å²) in [5, 5.41) is 5.64. The van der Waals surface area contributed by atoms with Crippen LogP contribution in [0.2, 0.25) is 5.02 Å². The second kappa shape index (κ2) is 10.8. The van der Waals surface area contributed by atoms with Gasteiger partial charge >= 0.3 is 0 Å². The van der Waals surface area contributed by atoms with Crippen LogP contribution in [0.4, 0.5) is 0 Å². The number of ether oxygens (including phenoxy) is 1. The van der Waals surface area contributed by atoms with Gasteiger partial charge in [-0.25, -0.2) is 4.68 Å². The molecule has 8 nitrogen and oxygen atoms in total. The molecule has 0 aliphatic heterocycles. The number of amides is 2. The van der Waals surface area contributed by atoms with Crippen molar-refractivity contribution in [3.05, 3.63) is 105 Å². The lowest BCUT2D eigenvalue weighted by Gasteiger charge is -2.13. The topological polar surface area (TPSA) is 102 Å². The quantitative estimate of drug-likeness (QED) is 0.379. The van der Waals surface area contributed by atoms with Crippen molar-refractivity contribution in [3.63, 3.8) is 0 Å². The summed E-state index contributed by atoms with van der Waals surface area (Å²) in [5.74, 6) is -0.843. The van der Waals surface area contributed by atoms with Crippen molar-refractivity contribution in [1.82, 2.24) is 20.6 Å². The Hall–Kier alpha value is -4.17. The Kier molecular flexibility index (Phi) is 7.42. The van der Waals surface area contributed by atoms with Gasteiger partial charge in [-0.05, 0) is 42.3 Å². The van der Waals surface area contributed by atoms with Crippen molar-refractivity contribution in [2.75, 3.05) is 0 Å². The minimum absolute atomic E-state index is 0.0428. The molecule has 2 N–H and O–H groups in total. The monoisotopic (exact) mass is 490 g/mol. The van der Waals surface area contributed by atoms with E-state index in [4.69, 9.17) is 16.3 Å². The van der Waals surface area contributed by atoms with Crippen molar-refractivity contribution in [3.8, 4) is 5.75 Å². The predicted octanol–water partition coefficient (Wildman–Crippen LogP) is 4.11. The minimum atomic E-state index is -0.640. The number of carbonyl (C=O) groups excluding carboxylic acids is 2. The summed E-state index contributed by atoms with van der Waals surface area (Å²) in [6, 6.07) is 20.6. The lowest BCUT2D eigenvalue weighted by atomic mass is 10.1. The molecule has 0 aliphatic carbocycles. The molecule has 4 rings (SSSR count). The highest BCUT2D eigenvalue weighted by Crippen LogP contribution is 2.20. The third kappa shape index (κ3) is 5.50. The number of benzene rings is 3. The molecule has 0 aliphatic rings. The number of aromatic nitrogens is 2. The first-order chi connectivity index (χ1) is 17.0. The zero-order valence-corrected chi connectivity index (χ0v) is 19.7. The van der Waals surface area contributed by atoms with Gasteiger partial charge in [-0.15, -0.1) is 0 Å². The Labute approximate surface area is 206 Å². The van der Waals surface area contributed by atoms with Crippen LogP contribution in [0.15, 0.2) is 77.6 Å². The Morgan fingerprint density at radius 2 is 1.57 bits per heavy atom. The van der Waals surface area contributed by atoms with E-state index in [0.717, 1.165) is 5.56 Å². The van der Waals surface area contributed by atoms with E-state index in [0.29, 0.717) is 34.5 Å². The lowest BCUT2D eigenvalue weighted by molar-refractivity contribution is 0.0841. The van der Waals surface area contributed by atoms with E-state index in [-0.39, 0.29) is 23.4 Å². The number of nitrogens with one attached hydrogen (secondary N) is 2. The third-order valence-corrected chi connectivity index (χ3v) is 5.50. The van der Waals surface area contributed by atoms with Crippen molar-refractivity contribution in [2.45, 2.75) is 26.5 Å². The van der Waals surface area contributed by atoms with Crippen LogP contribution in [0.3, 0.4) is 0 Å². The van der Waals surface area contributed by atoms with Crippen LogP contribution in [0.25, 0.3) is 10.8 Å². The van der Waals surface area contributed by atoms with Gasteiger partial charge in [0.1, 0.15) is 12.4 Å². The Bertz CT molecular complexity index is 1430. The number of carbonyl (C=O) groups is 2. The Balaban J connectivity index is 1.50. The summed E-state index contributed by atoms with van der Waals surface area (Å²) in [6.45, 7) is 2.52. The first-order valence-electron chi connectivity index (χ1n) is 11.0.